The molecule has 1 aromatic heterocycles. The van der Waals surface area contributed by atoms with Crippen molar-refractivity contribution in [2.75, 3.05) is 0 Å². The number of fused-ring (bicyclic) bond motifs is 7. The molecule has 0 N–H and O–H groups in total. The van der Waals surface area contributed by atoms with E-state index in [2.05, 4.69) is 0 Å². The van der Waals surface area contributed by atoms with E-state index in [1.54, 1.807) is 30.3 Å². The van der Waals surface area contributed by atoms with Crippen LogP contribution in [-0.2, 0) is 0 Å². The molecule has 0 spiro atoms. The van der Waals surface area contributed by atoms with Crippen LogP contribution in [0.5, 0.6) is 0 Å². The van der Waals surface area contributed by atoms with Crippen molar-refractivity contribution in [1.82, 2.24) is 0 Å². The first-order chi connectivity index (χ1) is 27.4. The highest BCUT2D eigenvalue weighted by Gasteiger charge is 2.19. The highest BCUT2D eigenvalue weighted by Crippen LogP contribution is 2.46. The molecular formula is C40H24O. The molecule has 8 aromatic carbocycles. The highest BCUT2D eigenvalue weighted by molar-refractivity contribution is 6.24. The summed E-state index contributed by atoms with van der Waals surface area (Å²) < 4.78 is 158. The molecule has 1 heterocycles. The molecule has 0 saturated heterocycles. The predicted octanol–water partition coefficient (Wildman–Crippen LogP) is 11.5. The fourth-order valence-electron chi connectivity index (χ4n) is 5.57. The Morgan fingerprint density at radius 3 is 1.78 bits per heavy atom. The van der Waals surface area contributed by atoms with Crippen molar-refractivity contribution >= 4 is 65.0 Å². The van der Waals surface area contributed by atoms with Crippen molar-refractivity contribution in [2.45, 2.75) is 0 Å². The molecule has 9 rings (SSSR count). The fraction of sp³-hybridized carbons (Fsp3) is 0. The van der Waals surface area contributed by atoms with Crippen LogP contribution in [0.2, 0.25) is 0 Å². The van der Waals surface area contributed by atoms with Gasteiger partial charge in [-0.2, -0.15) is 0 Å². The van der Waals surface area contributed by atoms with E-state index >= 15 is 0 Å². The lowest BCUT2D eigenvalue weighted by molar-refractivity contribution is 0.669. The first-order valence-electron chi connectivity index (χ1n) is 21.2. The second kappa shape index (κ2) is 8.55. The Hall–Kier alpha value is -5.40. The summed E-state index contributed by atoms with van der Waals surface area (Å²) in [6, 6.07) is 1.39. The van der Waals surface area contributed by atoms with Crippen molar-refractivity contribution < 1.29 is 27.7 Å². The van der Waals surface area contributed by atoms with E-state index in [0.29, 0.717) is 10.9 Å². The SMILES string of the molecule is [2H]c1c(-c2c3c([2H])c([2H])c([2H])c([2H])c3c(-c3cccc4ccccc34)c3c([2H])c([2H])c([2H])c([2H])c23)c([2H])c2c(oc3c([2H])c4c([2H])c([2H])c([2H])c([2H])c4c([2H])c32)c1[2H]. The average Bonchev–Trinajstić information content (AvgIpc) is 3.63. The number of hydrogen-bond acceptors (Lipinski definition) is 1. The second-order valence-corrected chi connectivity index (χ2v) is 9.54. The minimum Gasteiger partial charge on any atom is -0.456 e. The molecule has 1 heteroatoms. The Morgan fingerprint density at radius 1 is 0.415 bits per heavy atom. The first-order valence-corrected chi connectivity index (χ1v) is 12.7. The third-order valence-electron chi connectivity index (χ3n) is 7.32. The van der Waals surface area contributed by atoms with Gasteiger partial charge in [-0.3, -0.25) is 0 Å². The van der Waals surface area contributed by atoms with Crippen molar-refractivity contribution in [3.63, 3.8) is 0 Å². The molecule has 0 aliphatic rings. The van der Waals surface area contributed by atoms with E-state index in [1.165, 1.54) is 0 Å². The summed E-state index contributed by atoms with van der Waals surface area (Å²) in [5.74, 6) is 0. The molecule has 0 atom stereocenters. The maximum absolute atomic E-state index is 9.73. The molecule has 0 aliphatic heterocycles. The van der Waals surface area contributed by atoms with Crippen LogP contribution in [-0.4, -0.2) is 0 Å². The Balaban J connectivity index is 1.61. The van der Waals surface area contributed by atoms with Gasteiger partial charge in [0.05, 0.1) is 23.3 Å². The molecule has 0 bridgehead atoms. The molecule has 190 valence electrons. The Bertz CT molecular complexity index is 3340. The topological polar surface area (TPSA) is 13.1 Å². The number of furan rings is 1. The standard InChI is InChI=1S/C40H24O/c1-2-12-27-24-38-36(22-26(27)11-1)35-23-28(20-21-37(35)41-38)39-31-15-5-7-17-33(31)40(34-18-8-6-16-32(34)39)30-19-9-13-25-10-3-4-14-29(25)30/h1-24H/i1D,2D,5D,6D,7D,8D,11D,12D,15D,16D,17D,18D,20D,21D,22D,23D,24D. The maximum atomic E-state index is 9.73. The molecule has 0 saturated carbocycles. The summed E-state index contributed by atoms with van der Waals surface area (Å²) in [5.41, 5.74) is -1.27. The van der Waals surface area contributed by atoms with Crippen LogP contribution in [0, 0.1) is 0 Å². The lowest BCUT2D eigenvalue weighted by Gasteiger charge is -2.18. The van der Waals surface area contributed by atoms with Gasteiger partial charge in [0.15, 0.2) is 0 Å². The van der Waals surface area contributed by atoms with Crippen LogP contribution in [0.15, 0.2) is 150 Å². The zero-order chi connectivity index (χ0) is 41.7. The Morgan fingerprint density at radius 2 is 1.02 bits per heavy atom. The van der Waals surface area contributed by atoms with Crippen LogP contribution in [0.3, 0.4) is 0 Å². The van der Waals surface area contributed by atoms with E-state index in [1.807, 2.05) is 12.1 Å². The van der Waals surface area contributed by atoms with Gasteiger partial charge in [0.2, 0.25) is 0 Å². The minimum atomic E-state index is -0.733. The quantitative estimate of drug-likeness (QED) is 0.200. The number of benzene rings is 8. The summed E-state index contributed by atoms with van der Waals surface area (Å²) in [4.78, 5) is 0. The molecule has 41 heavy (non-hydrogen) atoms. The zero-order valence-electron chi connectivity index (χ0n) is 37.9. The van der Waals surface area contributed by atoms with Gasteiger partial charge in [0, 0.05) is 10.8 Å². The molecule has 0 unspecified atom stereocenters. The minimum absolute atomic E-state index is 0.0523. The van der Waals surface area contributed by atoms with Gasteiger partial charge in [-0.1, -0.05) is 121 Å². The van der Waals surface area contributed by atoms with Gasteiger partial charge >= 0.3 is 0 Å². The van der Waals surface area contributed by atoms with Crippen LogP contribution >= 0.6 is 0 Å². The lowest BCUT2D eigenvalue weighted by atomic mass is 9.84. The molecule has 0 amide bonds. The van der Waals surface area contributed by atoms with E-state index in [9.17, 15) is 11.0 Å². The summed E-state index contributed by atoms with van der Waals surface area (Å²) >= 11 is 0. The van der Waals surface area contributed by atoms with Crippen molar-refractivity contribution in [1.29, 1.82) is 0 Å². The van der Waals surface area contributed by atoms with E-state index in [0.717, 1.165) is 5.39 Å². The zero-order valence-corrected chi connectivity index (χ0v) is 20.9. The van der Waals surface area contributed by atoms with Gasteiger partial charge in [-0.05, 0) is 89.5 Å². The van der Waals surface area contributed by atoms with Gasteiger partial charge < -0.3 is 4.42 Å². The monoisotopic (exact) mass is 537 g/mol. The van der Waals surface area contributed by atoms with Crippen LogP contribution in [0.1, 0.15) is 23.3 Å². The Kier molecular flexibility index (Phi) is 2.42. The van der Waals surface area contributed by atoms with E-state index in [4.69, 9.17) is 16.8 Å². The van der Waals surface area contributed by atoms with Gasteiger partial charge in [-0.15, -0.1) is 0 Å². The molecule has 1 nitrogen and oxygen atoms in total. The average molecular weight is 538 g/mol. The second-order valence-electron chi connectivity index (χ2n) is 9.54. The summed E-state index contributed by atoms with van der Waals surface area (Å²) in [6.07, 6.45) is 0. The Labute approximate surface area is 260 Å². The van der Waals surface area contributed by atoms with Crippen LogP contribution < -0.4 is 0 Å². The molecule has 0 radical (unpaired) electrons. The number of rotatable bonds is 2. The van der Waals surface area contributed by atoms with Crippen LogP contribution in [0.4, 0.5) is 0 Å². The van der Waals surface area contributed by atoms with Gasteiger partial charge in [0.25, 0.3) is 0 Å². The smallest absolute Gasteiger partial charge is 0.136 e. The van der Waals surface area contributed by atoms with Crippen molar-refractivity contribution in [3.05, 3.63) is 145 Å². The molecule has 0 fully saturated rings. The molecule has 0 aliphatic carbocycles. The van der Waals surface area contributed by atoms with Crippen molar-refractivity contribution in [2.24, 2.45) is 0 Å². The van der Waals surface area contributed by atoms with Gasteiger partial charge in [0.1, 0.15) is 11.2 Å². The predicted molar refractivity (Wildman–Crippen MR) is 175 cm³/mol. The van der Waals surface area contributed by atoms with E-state index < -0.39 is 119 Å². The maximum Gasteiger partial charge on any atom is 0.136 e. The highest BCUT2D eigenvalue weighted by atomic mass is 16.3. The third-order valence-corrected chi connectivity index (χ3v) is 7.32. The van der Waals surface area contributed by atoms with Gasteiger partial charge in [-0.25, -0.2) is 0 Å². The van der Waals surface area contributed by atoms with Crippen molar-refractivity contribution in [3.8, 4) is 22.3 Å². The summed E-state index contributed by atoms with van der Waals surface area (Å²) in [5, 5.41) is -0.917. The van der Waals surface area contributed by atoms with Crippen LogP contribution in [0.25, 0.3) is 87.3 Å². The molecule has 9 aromatic rings. The lowest BCUT2D eigenvalue weighted by Crippen LogP contribution is -1.91. The third kappa shape index (κ3) is 3.30. The first kappa shape index (κ1) is 11.6. The molecular weight excluding hydrogens is 496 g/mol. The number of hydrogen-bond donors (Lipinski definition) is 0. The summed E-state index contributed by atoms with van der Waals surface area (Å²) in [6.45, 7) is 0. The largest absolute Gasteiger partial charge is 0.456 e. The van der Waals surface area contributed by atoms with E-state index in [-0.39, 0.29) is 54.2 Å². The fourth-order valence-corrected chi connectivity index (χ4v) is 5.57. The summed E-state index contributed by atoms with van der Waals surface area (Å²) in [7, 11) is 0. The normalized spacial score (nSPS) is 17.7.